The second kappa shape index (κ2) is 7.78. The van der Waals surface area contributed by atoms with Gasteiger partial charge in [0.1, 0.15) is 0 Å². The molecule has 0 bridgehead atoms. The highest BCUT2D eigenvalue weighted by molar-refractivity contribution is 6.35. The van der Waals surface area contributed by atoms with E-state index in [9.17, 15) is 14.4 Å². The Bertz CT molecular complexity index is 753. The van der Waals surface area contributed by atoms with Crippen molar-refractivity contribution in [1.29, 1.82) is 0 Å². The van der Waals surface area contributed by atoms with E-state index in [-0.39, 0.29) is 6.10 Å². The smallest absolute Gasteiger partial charge is 0.335 e. The van der Waals surface area contributed by atoms with Crippen LogP contribution in [0.15, 0.2) is 29.3 Å². The van der Waals surface area contributed by atoms with Crippen LogP contribution in [-0.2, 0) is 14.3 Å². The minimum atomic E-state index is -1.08. The summed E-state index contributed by atoms with van der Waals surface area (Å²) >= 11 is 0. The number of aliphatic imine (C=N–C) groups is 1. The van der Waals surface area contributed by atoms with Crippen LogP contribution in [0.5, 0.6) is 0 Å². The lowest BCUT2D eigenvalue weighted by atomic mass is 9.95. The van der Waals surface area contributed by atoms with Crippen LogP contribution in [0.25, 0.3) is 0 Å². The number of amides is 4. The van der Waals surface area contributed by atoms with Crippen LogP contribution in [-0.4, -0.2) is 42.8 Å². The molecule has 3 rings (SSSR count). The predicted octanol–water partition coefficient (Wildman–Crippen LogP) is 2.22. The van der Waals surface area contributed by atoms with Crippen LogP contribution in [0.4, 0.5) is 10.5 Å². The second-order valence-corrected chi connectivity index (χ2v) is 6.51. The molecule has 2 saturated heterocycles. The predicted molar refractivity (Wildman–Crippen MR) is 97.3 cm³/mol. The maximum absolute atomic E-state index is 13.0. The topological polar surface area (TPSA) is 88.1 Å². The van der Waals surface area contributed by atoms with Gasteiger partial charge in [0.2, 0.25) is 5.91 Å². The summed E-state index contributed by atoms with van der Waals surface area (Å²) in [4.78, 5) is 43.3. The Morgan fingerprint density at radius 1 is 1.31 bits per heavy atom. The molecule has 1 aromatic carbocycles. The van der Waals surface area contributed by atoms with Crippen molar-refractivity contribution in [2.45, 2.75) is 39.2 Å². The van der Waals surface area contributed by atoms with E-state index in [2.05, 4.69) is 10.3 Å². The molecule has 138 valence electrons. The van der Waals surface area contributed by atoms with Crippen LogP contribution in [0, 0.1) is 12.8 Å². The number of urea groups is 1. The fourth-order valence-corrected chi connectivity index (χ4v) is 3.33. The van der Waals surface area contributed by atoms with Crippen molar-refractivity contribution in [2.24, 2.45) is 10.9 Å². The monoisotopic (exact) mass is 357 g/mol. The summed E-state index contributed by atoms with van der Waals surface area (Å²) in [6.45, 7) is 4.82. The van der Waals surface area contributed by atoms with E-state index in [4.69, 9.17) is 4.74 Å². The number of aryl methyl sites for hydroxylation is 1. The fraction of sp³-hybridized carbons (Fsp3) is 0.474. The Hall–Kier alpha value is -2.54. The number of benzene rings is 1. The first-order chi connectivity index (χ1) is 12.5. The Morgan fingerprint density at radius 2 is 2.08 bits per heavy atom. The van der Waals surface area contributed by atoms with Gasteiger partial charge in [-0.3, -0.25) is 19.9 Å². The third-order valence-corrected chi connectivity index (χ3v) is 4.74. The number of rotatable bonds is 5. The van der Waals surface area contributed by atoms with E-state index in [0.29, 0.717) is 24.4 Å². The van der Waals surface area contributed by atoms with Crippen molar-refractivity contribution in [1.82, 2.24) is 5.32 Å². The van der Waals surface area contributed by atoms with E-state index in [1.807, 2.05) is 26.0 Å². The summed E-state index contributed by atoms with van der Waals surface area (Å²) < 4.78 is 5.55. The number of nitrogens with one attached hydrogen (secondary N) is 1. The largest absolute Gasteiger partial charge is 0.376 e. The van der Waals surface area contributed by atoms with Gasteiger partial charge >= 0.3 is 6.03 Å². The number of carbonyl (C=O) groups excluding carboxylic acids is 3. The molecule has 7 nitrogen and oxygen atoms in total. The number of imide groups is 2. The van der Waals surface area contributed by atoms with Gasteiger partial charge < -0.3 is 4.74 Å². The van der Waals surface area contributed by atoms with Crippen LogP contribution in [0.1, 0.15) is 31.7 Å². The summed E-state index contributed by atoms with van der Waals surface area (Å²) in [5.74, 6) is -2.25. The maximum atomic E-state index is 13.0. The van der Waals surface area contributed by atoms with Gasteiger partial charge in [-0.25, -0.2) is 9.69 Å². The van der Waals surface area contributed by atoms with Gasteiger partial charge in [-0.2, -0.15) is 0 Å². The highest BCUT2D eigenvalue weighted by atomic mass is 16.5. The summed E-state index contributed by atoms with van der Waals surface area (Å²) in [7, 11) is 0. The number of anilines is 1. The number of ether oxygens (including phenoxy) is 1. The molecule has 4 amide bonds. The Morgan fingerprint density at radius 3 is 2.73 bits per heavy atom. The van der Waals surface area contributed by atoms with Gasteiger partial charge in [-0.05, 0) is 37.8 Å². The first kappa shape index (κ1) is 18.3. The van der Waals surface area contributed by atoms with Crippen LogP contribution in [0.3, 0.4) is 0 Å². The van der Waals surface area contributed by atoms with Crippen molar-refractivity contribution >= 4 is 29.2 Å². The third kappa shape index (κ3) is 3.53. The van der Waals surface area contributed by atoms with E-state index < -0.39 is 23.8 Å². The molecule has 2 aliphatic rings. The van der Waals surface area contributed by atoms with E-state index in [0.717, 1.165) is 29.9 Å². The van der Waals surface area contributed by atoms with Crippen molar-refractivity contribution in [3.8, 4) is 0 Å². The molecule has 7 heteroatoms. The molecule has 0 aliphatic carbocycles. The number of hydrogen-bond donors (Lipinski definition) is 1. The summed E-state index contributed by atoms with van der Waals surface area (Å²) in [6.07, 6.45) is 2.42. The minimum Gasteiger partial charge on any atom is -0.376 e. The van der Waals surface area contributed by atoms with E-state index >= 15 is 0 Å². The Labute approximate surface area is 152 Å². The van der Waals surface area contributed by atoms with E-state index in [1.165, 1.54) is 0 Å². The van der Waals surface area contributed by atoms with E-state index in [1.54, 1.807) is 12.1 Å². The molecule has 0 radical (unpaired) electrons. The second-order valence-electron chi connectivity index (χ2n) is 6.51. The van der Waals surface area contributed by atoms with Crippen LogP contribution < -0.4 is 10.2 Å². The number of nitrogens with zero attached hydrogens (tertiary/aromatic N) is 2. The molecule has 0 spiro atoms. The van der Waals surface area contributed by atoms with Crippen molar-refractivity contribution in [2.75, 3.05) is 18.1 Å². The maximum Gasteiger partial charge on any atom is 0.335 e. The zero-order valence-corrected chi connectivity index (χ0v) is 15.0. The molecule has 2 aliphatic heterocycles. The van der Waals surface area contributed by atoms with Gasteiger partial charge in [-0.15, -0.1) is 0 Å². The van der Waals surface area contributed by atoms with Crippen molar-refractivity contribution in [3.05, 3.63) is 29.8 Å². The zero-order valence-electron chi connectivity index (χ0n) is 15.0. The molecule has 0 saturated carbocycles. The van der Waals surface area contributed by atoms with Gasteiger partial charge in [0.05, 0.1) is 18.3 Å². The number of barbiturate groups is 1. The molecular formula is C19H23N3O4. The average molecular weight is 357 g/mol. The van der Waals surface area contributed by atoms with Gasteiger partial charge in [0.15, 0.2) is 5.92 Å². The SMILES string of the molecule is CCC(=NC[C@@H]1CCCO1)C1C(=O)NC(=O)N(c2ccccc2C)C1=O. The summed E-state index contributed by atoms with van der Waals surface area (Å²) in [5.41, 5.74) is 1.73. The van der Waals surface area contributed by atoms with Crippen molar-refractivity contribution in [3.63, 3.8) is 0 Å². The van der Waals surface area contributed by atoms with Crippen molar-refractivity contribution < 1.29 is 19.1 Å². The Balaban J connectivity index is 1.88. The fourth-order valence-electron chi connectivity index (χ4n) is 3.33. The minimum absolute atomic E-state index is 0.0346. The normalized spacial score (nSPS) is 24.2. The highest BCUT2D eigenvalue weighted by Gasteiger charge is 2.43. The van der Waals surface area contributed by atoms with Gasteiger partial charge in [0, 0.05) is 12.3 Å². The lowest BCUT2D eigenvalue weighted by Crippen LogP contribution is -2.60. The summed E-state index contributed by atoms with van der Waals surface area (Å²) in [5, 5.41) is 2.29. The Kier molecular flexibility index (Phi) is 5.46. The van der Waals surface area contributed by atoms with Gasteiger partial charge in [0.25, 0.3) is 5.91 Å². The van der Waals surface area contributed by atoms with Crippen LogP contribution in [0.2, 0.25) is 0 Å². The van der Waals surface area contributed by atoms with Gasteiger partial charge in [-0.1, -0.05) is 25.1 Å². The molecular weight excluding hydrogens is 334 g/mol. The molecule has 1 N–H and O–H groups in total. The number of hydrogen-bond acceptors (Lipinski definition) is 5. The molecule has 1 aromatic rings. The first-order valence-electron chi connectivity index (χ1n) is 8.92. The highest BCUT2D eigenvalue weighted by Crippen LogP contribution is 2.25. The first-order valence-corrected chi connectivity index (χ1v) is 8.92. The standard InChI is InChI=1S/C19H23N3O4/c1-3-14(20-11-13-8-6-10-26-13)16-17(23)21-19(25)22(18(16)24)15-9-5-4-7-12(15)2/h4-5,7,9,13,16H,3,6,8,10-11H2,1-2H3,(H,21,23,25)/t13-,16?/m0/s1. The van der Waals surface area contributed by atoms with Crippen LogP contribution >= 0.6 is 0 Å². The summed E-state index contributed by atoms with van der Waals surface area (Å²) in [6, 6.07) is 6.36. The number of carbonyl (C=O) groups is 3. The molecule has 0 aromatic heterocycles. The molecule has 26 heavy (non-hydrogen) atoms. The zero-order chi connectivity index (χ0) is 18.7. The number of para-hydroxylation sites is 1. The molecule has 2 atom stereocenters. The molecule has 1 unspecified atom stereocenters. The lowest BCUT2D eigenvalue weighted by Gasteiger charge is -2.31. The third-order valence-electron chi connectivity index (χ3n) is 4.74. The average Bonchev–Trinajstić information content (AvgIpc) is 3.12. The lowest BCUT2D eigenvalue weighted by molar-refractivity contribution is -0.131. The molecule has 2 heterocycles. The quantitative estimate of drug-likeness (QED) is 0.646. The molecule has 2 fully saturated rings.